The standard InChI is InChI=1S/C21H17ClN2O3S2/c1-13-11-14(21-23-17-5-3-4-6-19(17)28-21)7-9-16(13)24-29(25,26)20-12-15(22)8-10-18(20)27-2/h3-12,24H,1-2H3. The quantitative estimate of drug-likeness (QED) is 0.426. The van der Waals surface area contributed by atoms with Crippen LogP contribution in [0, 0.1) is 6.92 Å². The number of thiazole rings is 1. The highest BCUT2D eigenvalue weighted by atomic mass is 35.5. The van der Waals surface area contributed by atoms with Gasteiger partial charge in [-0.1, -0.05) is 23.7 Å². The molecule has 0 spiro atoms. The predicted octanol–water partition coefficient (Wildman–Crippen LogP) is 5.73. The number of benzene rings is 3. The Morgan fingerprint density at radius 3 is 2.59 bits per heavy atom. The van der Waals surface area contributed by atoms with Gasteiger partial charge in [0.15, 0.2) is 0 Å². The van der Waals surface area contributed by atoms with Gasteiger partial charge >= 0.3 is 0 Å². The Morgan fingerprint density at radius 2 is 1.86 bits per heavy atom. The molecule has 1 heterocycles. The SMILES string of the molecule is COc1ccc(Cl)cc1S(=O)(=O)Nc1ccc(-c2nc3ccccc3s2)cc1C. The number of hydrogen-bond donors (Lipinski definition) is 1. The number of aryl methyl sites for hydroxylation is 1. The number of methoxy groups -OCH3 is 1. The van der Waals surface area contributed by atoms with E-state index in [-0.39, 0.29) is 10.6 Å². The first-order valence-electron chi connectivity index (χ1n) is 8.70. The Morgan fingerprint density at radius 1 is 1.07 bits per heavy atom. The summed E-state index contributed by atoms with van der Waals surface area (Å²) in [4.78, 5) is 4.65. The molecule has 0 unspecified atom stereocenters. The zero-order valence-electron chi connectivity index (χ0n) is 15.6. The highest BCUT2D eigenvalue weighted by Gasteiger charge is 2.21. The van der Waals surface area contributed by atoms with Crippen LogP contribution in [0.4, 0.5) is 5.69 Å². The molecule has 0 bridgehead atoms. The van der Waals surface area contributed by atoms with Crippen LogP contribution in [0.15, 0.2) is 65.6 Å². The van der Waals surface area contributed by atoms with E-state index in [0.29, 0.717) is 10.7 Å². The molecule has 1 N–H and O–H groups in total. The molecular weight excluding hydrogens is 428 g/mol. The van der Waals surface area contributed by atoms with Crippen molar-refractivity contribution in [2.24, 2.45) is 0 Å². The molecule has 0 fully saturated rings. The van der Waals surface area contributed by atoms with Gasteiger partial charge in [-0.2, -0.15) is 0 Å². The van der Waals surface area contributed by atoms with Crippen LogP contribution in [0.1, 0.15) is 5.56 Å². The number of aromatic nitrogens is 1. The molecule has 4 aromatic rings. The Bertz CT molecular complexity index is 1280. The highest BCUT2D eigenvalue weighted by Crippen LogP contribution is 2.33. The molecule has 0 saturated heterocycles. The number of rotatable bonds is 5. The topological polar surface area (TPSA) is 68.3 Å². The minimum atomic E-state index is -3.87. The fourth-order valence-electron chi connectivity index (χ4n) is 2.97. The summed E-state index contributed by atoms with van der Waals surface area (Å²) in [5.41, 5.74) is 3.15. The first-order valence-corrected chi connectivity index (χ1v) is 11.4. The summed E-state index contributed by atoms with van der Waals surface area (Å²) in [5, 5.41) is 1.20. The molecule has 0 aliphatic rings. The van der Waals surface area contributed by atoms with Crippen LogP contribution in [0.3, 0.4) is 0 Å². The van der Waals surface area contributed by atoms with Gasteiger partial charge in [-0.05, 0) is 61.0 Å². The number of ether oxygens (including phenoxy) is 1. The van der Waals surface area contributed by atoms with Crippen molar-refractivity contribution in [3.05, 3.63) is 71.2 Å². The Kier molecular flexibility index (Phi) is 5.21. The van der Waals surface area contributed by atoms with Crippen molar-refractivity contribution in [2.75, 3.05) is 11.8 Å². The van der Waals surface area contributed by atoms with Crippen LogP contribution >= 0.6 is 22.9 Å². The van der Waals surface area contributed by atoms with Crippen LogP contribution in [-0.4, -0.2) is 20.5 Å². The van der Waals surface area contributed by atoms with Gasteiger partial charge in [-0.15, -0.1) is 11.3 Å². The van der Waals surface area contributed by atoms with Crippen molar-refractivity contribution < 1.29 is 13.2 Å². The fourth-order valence-corrected chi connectivity index (χ4v) is 5.49. The molecule has 0 aliphatic heterocycles. The van der Waals surface area contributed by atoms with E-state index in [4.69, 9.17) is 16.3 Å². The van der Waals surface area contributed by atoms with E-state index in [1.165, 1.54) is 19.2 Å². The van der Waals surface area contributed by atoms with Crippen LogP contribution in [-0.2, 0) is 10.0 Å². The van der Waals surface area contributed by atoms with Crippen LogP contribution < -0.4 is 9.46 Å². The molecule has 5 nitrogen and oxygen atoms in total. The molecule has 148 valence electrons. The summed E-state index contributed by atoms with van der Waals surface area (Å²) in [6, 6.07) is 17.9. The third kappa shape index (κ3) is 3.94. The number of nitrogens with zero attached hydrogens (tertiary/aromatic N) is 1. The average molecular weight is 445 g/mol. The lowest BCUT2D eigenvalue weighted by Gasteiger charge is -2.14. The van der Waals surface area contributed by atoms with Crippen molar-refractivity contribution in [3.8, 4) is 16.3 Å². The molecule has 29 heavy (non-hydrogen) atoms. The summed E-state index contributed by atoms with van der Waals surface area (Å²) in [6.45, 7) is 1.85. The number of halogens is 1. The lowest BCUT2D eigenvalue weighted by atomic mass is 10.1. The second-order valence-corrected chi connectivity index (χ2v) is 9.54. The molecule has 0 amide bonds. The Hall–Kier alpha value is -2.61. The van der Waals surface area contributed by atoms with E-state index >= 15 is 0 Å². The summed E-state index contributed by atoms with van der Waals surface area (Å²) in [7, 11) is -2.45. The molecule has 0 aliphatic carbocycles. The van der Waals surface area contributed by atoms with E-state index in [2.05, 4.69) is 9.71 Å². The van der Waals surface area contributed by atoms with Crippen LogP contribution in [0.5, 0.6) is 5.75 Å². The molecule has 0 radical (unpaired) electrons. The molecule has 0 saturated carbocycles. The van der Waals surface area contributed by atoms with Crippen molar-refractivity contribution in [2.45, 2.75) is 11.8 Å². The highest BCUT2D eigenvalue weighted by molar-refractivity contribution is 7.92. The van der Waals surface area contributed by atoms with Gasteiger partial charge in [0, 0.05) is 10.6 Å². The fraction of sp³-hybridized carbons (Fsp3) is 0.0952. The Labute approximate surface area is 178 Å². The van der Waals surface area contributed by atoms with Gasteiger partial charge in [0.25, 0.3) is 10.0 Å². The number of anilines is 1. The summed E-state index contributed by atoms with van der Waals surface area (Å²) in [5.74, 6) is 0.227. The van der Waals surface area contributed by atoms with Gasteiger partial charge in [-0.25, -0.2) is 13.4 Å². The minimum Gasteiger partial charge on any atom is -0.495 e. The van der Waals surface area contributed by atoms with Crippen LogP contribution in [0.25, 0.3) is 20.8 Å². The van der Waals surface area contributed by atoms with Gasteiger partial charge in [0.05, 0.1) is 23.0 Å². The summed E-state index contributed by atoms with van der Waals surface area (Å²) < 4.78 is 34.7. The molecule has 4 rings (SSSR count). The van der Waals surface area contributed by atoms with Crippen molar-refractivity contribution >= 4 is 48.9 Å². The molecule has 8 heteroatoms. The van der Waals surface area contributed by atoms with E-state index in [9.17, 15) is 8.42 Å². The number of hydrogen-bond acceptors (Lipinski definition) is 5. The summed E-state index contributed by atoms with van der Waals surface area (Å²) in [6.07, 6.45) is 0. The zero-order valence-corrected chi connectivity index (χ0v) is 18.0. The number of para-hydroxylation sites is 1. The number of nitrogens with one attached hydrogen (secondary N) is 1. The van der Waals surface area contributed by atoms with E-state index < -0.39 is 10.0 Å². The molecule has 0 atom stereocenters. The first kappa shape index (κ1) is 19.7. The predicted molar refractivity (Wildman–Crippen MR) is 119 cm³/mol. The van der Waals surface area contributed by atoms with Gasteiger partial charge < -0.3 is 4.74 Å². The Balaban J connectivity index is 1.67. The minimum absolute atomic E-state index is 0.0119. The van der Waals surface area contributed by atoms with Crippen molar-refractivity contribution in [1.29, 1.82) is 0 Å². The van der Waals surface area contributed by atoms with Gasteiger partial charge in [0.1, 0.15) is 15.7 Å². The smallest absolute Gasteiger partial charge is 0.265 e. The van der Waals surface area contributed by atoms with Crippen molar-refractivity contribution in [1.82, 2.24) is 4.98 Å². The molecule has 1 aromatic heterocycles. The van der Waals surface area contributed by atoms with E-state index in [1.54, 1.807) is 23.5 Å². The lowest BCUT2D eigenvalue weighted by Crippen LogP contribution is -2.15. The third-order valence-corrected chi connectivity index (χ3v) is 7.13. The lowest BCUT2D eigenvalue weighted by molar-refractivity contribution is 0.403. The number of fused-ring (bicyclic) bond motifs is 1. The van der Waals surface area contributed by atoms with E-state index in [1.807, 2.05) is 43.3 Å². The molecular formula is C21H17ClN2O3S2. The second-order valence-electron chi connectivity index (χ2n) is 6.42. The van der Waals surface area contributed by atoms with E-state index in [0.717, 1.165) is 26.4 Å². The molecule has 3 aromatic carbocycles. The maximum atomic E-state index is 12.9. The largest absolute Gasteiger partial charge is 0.495 e. The summed E-state index contributed by atoms with van der Waals surface area (Å²) >= 11 is 7.58. The third-order valence-electron chi connectivity index (χ3n) is 4.43. The van der Waals surface area contributed by atoms with Crippen molar-refractivity contribution in [3.63, 3.8) is 0 Å². The maximum absolute atomic E-state index is 12.9. The van der Waals surface area contributed by atoms with Gasteiger partial charge in [0.2, 0.25) is 0 Å². The van der Waals surface area contributed by atoms with Crippen LogP contribution in [0.2, 0.25) is 5.02 Å². The normalized spacial score (nSPS) is 11.6. The van der Waals surface area contributed by atoms with Gasteiger partial charge in [-0.3, -0.25) is 4.72 Å². The second kappa shape index (κ2) is 7.67. The monoisotopic (exact) mass is 444 g/mol. The zero-order chi connectivity index (χ0) is 20.6. The first-order chi connectivity index (χ1) is 13.9. The average Bonchev–Trinajstić information content (AvgIpc) is 3.13. The maximum Gasteiger partial charge on any atom is 0.265 e. The number of sulfonamides is 1.